The van der Waals surface area contributed by atoms with Crippen molar-refractivity contribution in [1.29, 1.82) is 0 Å². The molecule has 0 aliphatic carbocycles. The second kappa shape index (κ2) is 29.1. The first kappa shape index (κ1) is 52.3. The van der Waals surface area contributed by atoms with Gasteiger partial charge in [-0.15, -0.1) is 0 Å². The van der Waals surface area contributed by atoms with E-state index in [4.69, 9.17) is 0 Å². The van der Waals surface area contributed by atoms with Gasteiger partial charge < -0.3 is 19.6 Å². The van der Waals surface area contributed by atoms with E-state index >= 15 is 0 Å². The third-order valence-corrected chi connectivity index (χ3v) is 13.6. The predicted molar refractivity (Wildman–Crippen MR) is 296 cm³/mol. The zero-order chi connectivity index (χ0) is 46.9. The van der Waals surface area contributed by atoms with Crippen molar-refractivity contribution < 1.29 is 0 Å². The number of hydrogen-bond donors (Lipinski definition) is 0. The molecule has 0 spiro atoms. The van der Waals surface area contributed by atoms with Crippen molar-refractivity contribution in [2.24, 2.45) is 0 Å². The van der Waals surface area contributed by atoms with Gasteiger partial charge in [-0.1, -0.05) is 167 Å². The number of unbranched alkanes of at least 4 members (excludes halogenated alkanes) is 8. The van der Waals surface area contributed by atoms with E-state index in [-0.39, 0.29) is 0 Å². The van der Waals surface area contributed by atoms with Crippen LogP contribution < -0.4 is 19.6 Å². The maximum Gasteiger partial charge on any atom is 0.0366 e. The Kier molecular flexibility index (Phi) is 23.1. The van der Waals surface area contributed by atoms with Gasteiger partial charge in [0, 0.05) is 75.1 Å². The van der Waals surface area contributed by atoms with Gasteiger partial charge in [-0.3, -0.25) is 0 Å². The molecule has 0 atom stereocenters. The van der Waals surface area contributed by atoms with Crippen molar-refractivity contribution in [2.75, 3.05) is 72.0 Å². The van der Waals surface area contributed by atoms with E-state index in [1.165, 1.54) is 170 Å². The molecule has 358 valence electrons. The molecule has 0 saturated heterocycles. The molecule has 0 heterocycles. The lowest BCUT2D eigenvalue weighted by Gasteiger charge is -2.27. The first-order chi connectivity index (χ1) is 32.4. The highest BCUT2D eigenvalue weighted by Crippen LogP contribution is 2.47. The topological polar surface area (TPSA) is 13.0 Å². The summed E-state index contributed by atoms with van der Waals surface area (Å²) in [6.07, 6.45) is 19.4. The van der Waals surface area contributed by atoms with Gasteiger partial charge in [0.1, 0.15) is 0 Å². The summed E-state index contributed by atoms with van der Waals surface area (Å²) in [5.74, 6) is 0. The Morgan fingerprint density at radius 2 is 0.409 bits per heavy atom. The fourth-order valence-corrected chi connectivity index (χ4v) is 9.34. The van der Waals surface area contributed by atoms with Crippen molar-refractivity contribution in [3.8, 4) is 44.5 Å². The quantitative estimate of drug-likeness (QED) is 0.0426. The molecule has 0 amide bonds. The van der Waals surface area contributed by atoms with Crippen LogP contribution in [0, 0.1) is 0 Å². The molecule has 66 heavy (non-hydrogen) atoms. The lowest BCUT2D eigenvalue weighted by molar-refractivity contribution is 0.678. The van der Waals surface area contributed by atoms with Crippen LogP contribution in [0.5, 0.6) is 0 Å². The van der Waals surface area contributed by atoms with E-state index in [2.05, 4.69) is 184 Å². The van der Waals surface area contributed by atoms with E-state index in [0.29, 0.717) is 0 Å². The van der Waals surface area contributed by atoms with E-state index in [0.717, 1.165) is 52.4 Å². The Morgan fingerprint density at radius 1 is 0.227 bits per heavy atom. The third kappa shape index (κ3) is 14.9. The largest absolute Gasteiger partial charge is 0.372 e. The molecule has 4 nitrogen and oxygen atoms in total. The lowest BCUT2D eigenvalue weighted by Crippen LogP contribution is -2.25. The summed E-state index contributed by atoms with van der Waals surface area (Å²) in [5, 5.41) is 0. The molecule has 0 bridgehead atoms. The van der Waals surface area contributed by atoms with Gasteiger partial charge in [0.05, 0.1) is 0 Å². The van der Waals surface area contributed by atoms with E-state index in [1.54, 1.807) is 0 Å². The average Bonchev–Trinajstić information content (AvgIpc) is 3.36. The Hall–Kier alpha value is -4.70. The minimum Gasteiger partial charge on any atom is -0.372 e. The number of rotatable bonds is 32. The molecule has 4 heteroatoms. The Balaban J connectivity index is 1.75. The Morgan fingerprint density at radius 3 is 0.591 bits per heavy atom. The zero-order valence-electron chi connectivity index (χ0n) is 43.2. The van der Waals surface area contributed by atoms with Crippen molar-refractivity contribution in [3.05, 3.63) is 109 Å². The zero-order valence-corrected chi connectivity index (χ0v) is 43.2. The average molecular weight is 891 g/mol. The van der Waals surface area contributed by atoms with E-state index in [1.807, 2.05) is 0 Å². The summed E-state index contributed by atoms with van der Waals surface area (Å²) < 4.78 is 0. The Bertz CT molecular complexity index is 1870. The molecule has 0 aromatic heterocycles. The number of benzene rings is 5. The Labute approximate surface area is 404 Å². The molecule has 0 radical (unpaired) electrons. The van der Waals surface area contributed by atoms with Gasteiger partial charge in [0.2, 0.25) is 0 Å². The molecule has 0 fully saturated rings. The molecular weight excluding hydrogens is 801 g/mol. The van der Waals surface area contributed by atoms with Crippen LogP contribution in [0.25, 0.3) is 44.5 Å². The summed E-state index contributed by atoms with van der Waals surface area (Å²) in [5.41, 5.74) is 15.6. The van der Waals surface area contributed by atoms with Gasteiger partial charge in [-0.2, -0.15) is 0 Å². The molecule has 5 rings (SSSR count). The van der Waals surface area contributed by atoms with Crippen LogP contribution in [-0.2, 0) is 0 Å². The number of anilines is 4. The van der Waals surface area contributed by atoms with Crippen molar-refractivity contribution in [1.82, 2.24) is 0 Å². The van der Waals surface area contributed by atoms with E-state index < -0.39 is 0 Å². The summed E-state index contributed by atoms with van der Waals surface area (Å²) in [6.45, 7) is 27.3. The highest BCUT2D eigenvalue weighted by atomic mass is 15.1. The first-order valence-corrected chi connectivity index (χ1v) is 27.0. The molecular formula is C62H90N4. The molecule has 0 aliphatic heterocycles. The maximum absolute atomic E-state index is 2.62. The van der Waals surface area contributed by atoms with Crippen LogP contribution in [0.3, 0.4) is 0 Å². The fourth-order valence-electron chi connectivity index (χ4n) is 9.34. The maximum atomic E-state index is 2.62. The third-order valence-electron chi connectivity index (χ3n) is 13.6. The van der Waals surface area contributed by atoms with Crippen LogP contribution in [0.1, 0.15) is 158 Å². The smallest absolute Gasteiger partial charge is 0.0366 e. The van der Waals surface area contributed by atoms with Gasteiger partial charge in [0.25, 0.3) is 0 Å². The monoisotopic (exact) mass is 891 g/mol. The SMILES string of the molecule is CCCCN(CCCC)c1ccc(-c2ccc(-c3ccc(N(CCCC)CCCC)cc3)c(-c3ccc(N(CCCC)CCCC)cc3)c2-c2ccc(N(CCCC)CCCC)cc2)cc1. The highest BCUT2D eigenvalue weighted by Gasteiger charge is 2.21. The second-order valence-electron chi connectivity index (χ2n) is 18.9. The lowest BCUT2D eigenvalue weighted by atomic mass is 9.82. The predicted octanol–water partition coefficient (Wildman–Crippen LogP) is 18.0. The van der Waals surface area contributed by atoms with Crippen molar-refractivity contribution in [2.45, 2.75) is 158 Å². The summed E-state index contributed by atoms with van der Waals surface area (Å²) in [4.78, 5) is 10.4. The van der Waals surface area contributed by atoms with Crippen LogP contribution in [0.2, 0.25) is 0 Å². The molecule has 5 aromatic carbocycles. The van der Waals surface area contributed by atoms with Crippen molar-refractivity contribution in [3.63, 3.8) is 0 Å². The number of nitrogens with zero attached hydrogens (tertiary/aromatic N) is 4. The van der Waals surface area contributed by atoms with Crippen LogP contribution in [0.4, 0.5) is 22.7 Å². The fraction of sp³-hybridized carbons (Fsp3) is 0.516. The van der Waals surface area contributed by atoms with Gasteiger partial charge >= 0.3 is 0 Å². The van der Waals surface area contributed by atoms with Gasteiger partial charge in [-0.25, -0.2) is 0 Å². The second-order valence-corrected chi connectivity index (χ2v) is 18.9. The van der Waals surface area contributed by atoms with Crippen LogP contribution in [0.15, 0.2) is 109 Å². The normalized spacial score (nSPS) is 11.3. The van der Waals surface area contributed by atoms with E-state index in [9.17, 15) is 0 Å². The number of hydrogen-bond acceptors (Lipinski definition) is 4. The standard InChI is InChI=1S/C62H90N4/c1-9-17-43-63(44-18-10-2)55-33-25-51(26-34-55)59-41-42-60(52-27-35-56(36-28-52)64(45-19-11-3)46-20-12-4)62(54-31-39-58(40-32-54)66(49-23-15-7)50-24-16-8)61(59)53-29-37-57(38-30-53)65(47-21-13-5)48-22-14-6/h25-42H,9-24,43-50H2,1-8H3. The van der Waals surface area contributed by atoms with Gasteiger partial charge in [0.15, 0.2) is 0 Å². The minimum absolute atomic E-state index is 1.10. The first-order valence-electron chi connectivity index (χ1n) is 27.0. The molecule has 0 saturated carbocycles. The molecule has 0 aliphatic rings. The van der Waals surface area contributed by atoms with Crippen molar-refractivity contribution >= 4 is 22.7 Å². The summed E-state index contributed by atoms with van der Waals surface area (Å²) in [6, 6.07) is 43.3. The summed E-state index contributed by atoms with van der Waals surface area (Å²) >= 11 is 0. The highest BCUT2D eigenvalue weighted by molar-refractivity contribution is 6.02. The molecule has 0 unspecified atom stereocenters. The molecule has 0 N–H and O–H groups in total. The minimum atomic E-state index is 1.10. The van der Waals surface area contributed by atoms with Gasteiger partial charge in [-0.05, 0) is 144 Å². The van der Waals surface area contributed by atoms with Crippen LogP contribution in [-0.4, -0.2) is 52.4 Å². The summed E-state index contributed by atoms with van der Waals surface area (Å²) in [7, 11) is 0. The molecule has 5 aromatic rings. The van der Waals surface area contributed by atoms with Crippen LogP contribution >= 0.6 is 0 Å².